The number of nitrogens with one attached hydrogen (secondary N) is 1. The summed E-state index contributed by atoms with van der Waals surface area (Å²) in [6.07, 6.45) is -1.50. The highest BCUT2D eigenvalue weighted by Gasteiger charge is 2.51. The van der Waals surface area contributed by atoms with Gasteiger partial charge in [-0.25, -0.2) is 14.4 Å². The SMILES string of the molecule is CC(C)C(=O)OC[C@H]1O[C@@H](n2ccc(NO)nc2=O)[C@H]2OC(=O)/C=C\C(=O)OC12. The van der Waals surface area contributed by atoms with Crippen molar-refractivity contribution < 1.29 is 38.5 Å². The molecule has 0 spiro atoms. The van der Waals surface area contributed by atoms with Gasteiger partial charge in [-0.3, -0.25) is 20.0 Å². The molecule has 2 aliphatic rings. The normalized spacial score (nSPS) is 27.3. The maximum absolute atomic E-state index is 12.3. The number of hydrogen-bond acceptors (Lipinski definition) is 11. The van der Waals surface area contributed by atoms with Gasteiger partial charge in [0.05, 0.1) is 5.92 Å². The van der Waals surface area contributed by atoms with Crippen LogP contribution < -0.4 is 11.2 Å². The van der Waals surface area contributed by atoms with Crippen molar-refractivity contribution in [3.63, 3.8) is 0 Å². The first kappa shape index (κ1) is 20.5. The van der Waals surface area contributed by atoms with Crippen LogP contribution in [0.2, 0.25) is 0 Å². The summed E-state index contributed by atoms with van der Waals surface area (Å²) in [4.78, 5) is 51.5. The Hall–Kier alpha value is -3.25. The lowest BCUT2D eigenvalue weighted by Gasteiger charge is -2.25. The van der Waals surface area contributed by atoms with Crippen molar-refractivity contribution in [2.45, 2.75) is 38.4 Å². The van der Waals surface area contributed by atoms with Crippen LogP contribution in [-0.2, 0) is 33.3 Å². The zero-order chi connectivity index (χ0) is 21.1. The smallest absolute Gasteiger partial charge is 0.351 e. The highest BCUT2D eigenvalue weighted by Crippen LogP contribution is 2.34. The van der Waals surface area contributed by atoms with Crippen LogP contribution in [0, 0.1) is 5.92 Å². The molecule has 0 aliphatic carbocycles. The van der Waals surface area contributed by atoms with Gasteiger partial charge in [-0.2, -0.15) is 4.98 Å². The molecule has 0 saturated carbocycles. The average molecular weight is 409 g/mol. The summed E-state index contributed by atoms with van der Waals surface area (Å²) in [6.45, 7) is 3.00. The lowest BCUT2D eigenvalue weighted by atomic mass is 10.1. The van der Waals surface area contributed by atoms with Crippen molar-refractivity contribution in [1.82, 2.24) is 9.55 Å². The lowest BCUT2D eigenvalue weighted by Crippen LogP contribution is -2.43. The number of anilines is 1. The van der Waals surface area contributed by atoms with Gasteiger partial charge in [0.1, 0.15) is 12.7 Å². The second kappa shape index (κ2) is 8.41. The van der Waals surface area contributed by atoms with E-state index in [9.17, 15) is 19.2 Å². The molecule has 29 heavy (non-hydrogen) atoms. The molecular formula is C17H19N3O9. The number of fused-ring (bicyclic) bond motifs is 1. The predicted molar refractivity (Wildman–Crippen MR) is 92.5 cm³/mol. The molecule has 0 bridgehead atoms. The van der Waals surface area contributed by atoms with Gasteiger partial charge in [0.2, 0.25) is 0 Å². The van der Waals surface area contributed by atoms with Gasteiger partial charge < -0.3 is 18.9 Å². The Morgan fingerprint density at radius 3 is 2.48 bits per heavy atom. The summed E-state index contributed by atoms with van der Waals surface area (Å²) in [7, 11) is 0. The van der Waals surface area contributed by atoms with Crippen molar-refractivity contribution in [3.8, 4) is 0 Å². The topological polar surface area (TPSA) is 155 Å². The first-order chi connectivity index (χ1) is 13.8. The second-order valence-corrected chi connectivity index (χ2v) is 6.60. The molecule has 3 rings (SSSR count). The molecule has 2 N–H and O–H groups in total. The zero-order valence-electron chi connectivity index (χ0n) is 15.5. The van der Waals surface area contributed by atoms with Gasteiger partial charge in [0, 0.05) is 18.3 Å². The van der Waals surface area contributed by atoms with Crippen LogP contribution in [0.3, 0.4) is 0 Å². The van der Waals surface area contributed by atoms with E-state index in [1.807, 2.05) is 0 Å². The number of aromatic nitrogens is 2. The molecule has 3 heterocycles. The van der Waals surface area contributed by atoms with E-state index in [1.165, 1.54) is 12.3 Å². The molecular weight excluding hydrogens is 390 g/mol. The minimum absolute atomic E-state index is 0.104. The van der Waals surface area contributed by atoms with Crippen LogP contribution in [-0.4, -0.2) is 57.6 Å². The fraction of sp³-hybridized carbons (Fsp3) is 0.471. The fourth-order valence-electron chi connectivity index (χ4n) is 2.82. The Bertz CT molecular complexity index is 894. The third kappa shape index (κ3) is 4.43. The van der Waals surface area contributed by atoms with Crippen molar-refractivity contribution in [1.29, 1.82) is 0 Å². The monoisotopic (exact) mass is 409 g/mol. The Kier molecular flexibility index (Phi) is 5.94. The van der Waals surface area contributed by atoms with E-state index in [0.717, 1.165) is 16.7 Å². The van der Waals surface area contributed by atoms with Crippen LogP contribution >= 0.6 is 0 Å². The van der Waals surface area contributed by atoms with E-state index < -0.39 is 54.1 Å². The Labute approximate surface area is 164 Å². The van der Waals surface area contributed by atoms with E-state index >= 15 is 0 Å². The lowest BCUT2D eigenvalue weighted by molar-refractivity contribution is -0.165. The van der Waals surface area contributed by atoms with Crippen molar-refractivity contribution in [2.75, 3.05) is 12.1 Å². The second-order valence-electron chi connectivity index (χ2n) is 6.60. The van der Waals surface area contributed by atoms with Crippen LogP contribution in [0.1, 0.15) is 20.1 Å². The molecule has 4 atom stereocenters. The number of hydrogen-bond donors (Lipinski definition) is 2. The van der Waals surface area contributed by atoms with Gasteiger partial charge >= 0.3 is 23.6 Å². The quantitative estimate of drug-likeness (QED) is 0.368. The van der Waals surface area contributed by atoms with Crippen LogP contribution in [0.25, 0.3) is 0 Å². The number of nitrogens with zero attached hydrogens (tertiary/aromatic N) is 2. The molecule has 0 aromatic carbocycles. The van der Waals surface area contributed by atoms with E-state index in [-0.39, 0.29) is 12.4 Å². The van der Waals surface area contributed by atoms with Gasteiger partial charge in [-0.05, 0) is 6.07 Å². The summed E-state index contributed by atoms with van der Waals surface area (Å²) in [5, 5.41) is 8.87. The minimum atomic E-state index is -1.21. The molecule has 0 radical (unpaired) electrons. The van der Waals surface area contributed by atoms with Gasteiger partial charge in [-0.1, -0.05) is 13.8 Å². The Morgan fingerprint density at radius 2 is 1.90 bits per heavy atom. The van der Waals surface area contributed by atoms with E-state index in [2.05, 4.69) is 4.98 Å². The highest BCUT2D eigenvalue weighted by molar-refractivity contribution is 5.92. The number of ether oxygens (including phenoxy) is 4. The van der Waals surface area contributed by atoms with Crippen LogP contribution in [0.4, 0.5) is 5.82 Å². The van der Waals surface area contributed by atoms with Crippen molar-refractivity contribution in [2.24, 2.45) is 5.92 Å². The number of carbonyl (C=O) groups excluding carboxylic acids is 3. The Balaban J connectivity index is 1.93. The summed E-state index contributed by atoms with van der Waals surface area (Å²) < 4.78 is 22.5. The molecule has 2 aliphatic heterocycles. The molecule has 1 aromatic heterocycles. The summed E-state index contributed by atoms with van der Waals surface area (Å²) in [5.74, 6) is -2.65. The van der Waals surface area contributed by atoms with Gasteiger partial charge in [0.15, 0.2) is 24.3 Å². The largest absolute Gasteiger partial charge is 0.463 e. The maximum atomic E-state index is 12.3. The maximum Gasteiger partial charge on any atom is 0.351 e. The van der Waals surface area contributed by atoms with Crippen LogP contribution in [0.15, 0.2) is 29.2 Å². The summed E-state index contributed by atoms with van der Waals surface area (Å²) in [5.41, 5.74) is 0.912. The van der Waals surface area contributed by atoms with E-state index in [4.69, 9.17) is 24.2 Å². The number of carbonyl (C=O) groups is 3. The molecule has 0 amide bonds. The summed E-state index contributed by atoms with van der Waals surface area (Å²) >= 11 is 0. The third-order valence-corrected chi connectivity index (χ3v) is 4.23. The van der Waals surface area contributed by atoms with Gasteiger partial charge in [0.25, 0.3) is 0 Å². The van der Waals surface area contributed by atoms with E-state index in [1.54, 1.807) is 19.3 Å². The molecule has 1 saturated heterocycles. The molecule has 1 aromatic rings. The van der Waals surface area contributed by atoms with Gasteiger partial charge in [-0.15, -0.1) is 0 Å². The van der Waals surface area contributed by atoms with Crippen molar-refractivity contribution >= 4 is 23.7 Å². The van der Waals surface area contributed by atoms with Crippen molar-refractivity contribution in [3.05, 3.63) is 34.9 Å². The molecule has 12 heteroatoms. The number of rotatable bonds is 5. The molecule has 1 fully saturated rings. The fourth-order valence-corrected chi connectivity index (χ4v) is 2.82. The molecule has 12 nitrogen and oxygen atoms in total. The standard InChI is InChI=1S/C17H19N3O9/c1-8(2)16(23)26-7-9-13-14(29-12(22)4-3-11(21)28-13)15(27-9)20-6-5-10(19-25)18-17(20)24/h3-6,8-9,13-15,25H,7H2,1-2H3,(H,18,19,24)/b4-3-/t9-,13?,14+,15-/m1/s1. The first-order valence-corrected chi connectivity index (χ1v) is 8.71. The Morgan fingerprint density at radius 1 is 1.24 bits per heavy atom. The van der Waals surface area contributed by atoms with E-state index in [0.29, 0.717) is 0 Å². The summed E-state index contributed by atoms with van der Waals surface area (Å²) in [6, 6.07) is 1.28. The predicted octanol–water partition coefficient (Wildman–Crippen LogP) is -0.466. The average Bonchev–Trinajstić information content (AvgIpc) is 2.99. The third-order valence-electron chi connectivity index (χ3n) is 4.23. The zero-order valence-corrected chi connectivity index (χ0v) is 15.5. The molecule has 156 valence electrons. The first-order valence-electron chi connectivity index (χ1n) is 8.71. The number of esters is 3. The highest BCUT2D eigenvalue weighted by atomic mass is 16.7. The van der Waals surface area contributed by atoms with Crippen LogP contribution in [0.5, 0.6) is 0 Å². The minimum Gasteiger partial charge on any atom is -0.463 e. The molecule has 1 unspecified atom stereocenters.